The second kappa shape index (κ2) is 4.79. The molecule has 0 atom stereocenters. The van der Waals surface area contributed by atoms with Gasteiger partial charge in [0.2, 0.25) is 0 Å². The molecular weight excluding hydrogens is 264 g/mol. The summed E-state index contributed by atoms with van der Waals surface area (Å²) < 4.78 is 0. The maximum absolute atomic E-state index is 11.3. The molecule has 0 saturated carbocycles. The summed E-state index contributed by atoms with van der Waals surface area (Å²) in [5.41, 5.74) is -0.640. The van der Waals surface area contributed by atoms with Gasteiger partial charge in [-0.15, -0.1) is 11.6 Å². The summed E-state index contributed by atoms with van der Waals surface area (Å²) in [6.45, 7) is 0. The van der Waals surface area contributed by atoms with E-state index in [9.17, 15) is 14.9 Å². The molecule has 0 bridgehead atoms. The number of nitro benzene ring substituents is 1. The standard InChI is InChI=1S/C8H4Cl3NO3/c9-3-7(13)8-5(11)1-4(10)2-6(8)12(14)15/h1-2H,3H2. The highest BCUT2D eigenvalue weighted by atomic mass is 35.5. The number of hydrogen-bond donors (Lipinski definition) is 0. The highest BCUT2D eigenvalue weighted by molar-refractivity contribution is 6.39. The van der Waals surface area contributed by atoms with Crippen molar-refractivity contribution in [3.63, 3.8) is 0 Å². The summed E-state index contributed by atoms with van der Waals surface area (Å²) in [5.74, 6) is -0.979. The van der Waals surface area contributed by atoms with E-state index in [-0.39, 0.29) is 21.5 Å². The molecule has 1 aromatic carbocycles. The van der Waals surface area contributed by atoms with Gasteiger partial charge in [-0.05, 0) is 6.07 Å². The Morgan fingerprint density at radius 2 is 2.00 bits per heavy atom. The van der Waals surface area contributed by atoms with Crippen LogP contribution >= 0.6 is 34.8 Å². The molecule has 0 radical (unpaired) electrons. The van der Waals surface area contributed by atoms with E-state index in [1.807, 2.05) is 0 Å². The third kappa shape index (κ3) is 2.59. The minimum absolute atomic E-state index is 0.0696. The van der Waals surface area contributed by atoms with Crippen LogP contribution in [0.1, 0.15) is 10.4 Å². The Balaban J connectivity index is 3.46. The lowest BCUT2D eigenvalue weighted by Gasteiger charge is -2.03. The van der Waals surface area contributed by atoms with Crippen molar-refractivity contribution in [1.29, 1.82) is 0 Å². The number of Topliss-reactive ketones (excluding diaryl/α,β-unsaturated/α-hetero) is 1. The summed E-state index contributed by atoms with van der Waals surface area (Å²) >= 11 is 16.6. The molecule has 0 aliphatic heterocycles. The molecule has 1 rings (SSSR count). The maximum Gasteiger partial charge on any atom is 0.283 e. The second-order valence-electron chi connectivity index (χ2n) is 2.60. The summed E-state index contributed by atoms with van der Waals surface area (Å²) in [5, 5.41) is 10.7. The van der Waals surface area contributed by atoms with Gasteiger partial charge in [0, 0.05) is 11.1 Å². The molecule has 0 spiro atoms. The van der Waals surface area contributed by atoms with Crippen molar-refractivity contribution < 1.29 is 9.72 Å². The van der Waals surface area contributed by atoms with Gasteiger partial charge in [-0.25, -0.2) is 0 Å². The average Bonchev–Trinajstić information content (AvgIpc) is 2.15. The molecule has 1 aromatic rings. The first kappa shape index (κ1) is 12.2. The van der Waals surface area contributed by atoms with Crippen LogP contribution in [0.15, 0.2) is 12.1 Å². The molecule has 0 saturated heterocycles. The summed E-state index contributed by atoms with van der Waals surface area (Å²) in [4.78, 5) is 21.2. The number of alkyl halides is 1. The largest absolute Gasteiger partial charge is 0.292 e. The number of nitrogens with zero attached hydrogens (tertiary/aromatic N) is 1. The first-order chi connectivity index (χ1) is 6.97. The van der Waals surface area contributed by atoms with Crippen LogP contribution in [0.3, 0.4) is 0 Å². The molecule has 0 aliphatic rings. The van der Waals surface area contributed by atoms with Gasteiger partial charge in [0.15, 0.2) is 5.78 Å². The first-order valence-corrected chi connectivity index (χ1v) is 4.99. The molecule has 0 amide bonds. The van der Waals surface area contributed by atoms with Crippen molar-refractivity contribution in [3.05, 3.63) is 37.9 Å². The zero-order valence-electron chi connectivity index (χ0n) is 7.17. The molecule has 7 heteroatoms. The van der Waals surface area contributed by atoms with Gasteiger partial charge in [0.05, 0.1) is 15.8 Å². The molecule has 0 aromatic heterocycles. The number of carbonyl (C=O) groups excluding carboxylic acids is 1. The van der Waals surface area contributed by atoms with Crippen LogP contribution in [0.4, 0.5) is 5.69 Å². The monoisotopic (exact) mass is 267 g/mol. The molecular formula is C8H4Cl3NO3. The van der Waals surface area contributed by atoms with E-state index in [1.165, 1.54) is 6.07 Å². The third-order valence-electron chi connectivity index (χ3n) is 1.63. The van der Waals surface area contributed by atoms with Crippen LogP contribution < -0.4 is 0 Å². The topological polar surface area (TPSA) is 60.2 Å². The minimum atomic E-state index is -0.725. The van der Waals surface area contributed by atoms with E-state index in [1.54, 1.807) is 0 Å². The number of carbonyl (C=O) groups is 1. The lowest BCUT2D eigenvalue weighted by atomic mass is 10.1. The number of nitro groups is 1. The Kier molecular flexibility index (Phi) is 3.90. The average molecular weight is 268 g/mol. The third-order valence-corrected chi connectivity index (χ3v) is 2.39. The van der Waals surface area contributed by atoms with Gasteiger partial charge in [0.25, 0.3) is 5.69 Å². The SMILES string of the molecule is O=C(CCl)c1c(Cl)cc(Cl)cc1[N+](=O)[O-]. The zero-order chi connectivity index (χ0) is 11.6. The molecule has 15 heavy (non-hydrogen) atoms. The first-order valence-electron chi connectivity index (χ1n) is 3.70. The molecule has 0 heterocycles. The molecule has 0 fully saturated rings. The van der Waals surface area contributed by atoms with Crippen LogP contribution in [0, 0.1) is 10.1 Å². The predicted molar refractivity (Wildman–Crippen MR) is 58.2 cm³/mol. The predicted octanol–water partition coefficient (Wildman–Crippen LogP) is 3.32. The van der Waals surface area contributed by atoms with Gasteiger partial charge in [-0.3, -0.25) is 14.9 Å². The highest BCUT2D eigenvalue weighted by Crippen LogP contribution is 2.31. The smallest absolute Gasteiger partial charge is 0.283 e. The zero-order valence-corrected chi connectivity index (χ0v) is 9.44. The van der Waals surface area contributed by atoms with Crippen LogP contribution in [0.5, 0.6) is 0 Å². The van der Waals surface area contributed by atoms with E-state index in [0.717, 1.165) is 6.07 Å². The molecule has 0 N–H and O–H groups in total. The Morgan fingerprint density at radius 3 is 2.47 bits per heavy atom. The lowest BCUT2D eigenvalue weighted by Crippen LogP contribution is -2.06. The van der Waals surface area contributed by atoms with Crippen molar-refractivity contribution in [2.45, 2.75) is 0 Å². The van der Waals surface area contributed by atoms with Crippen LogP contribution in [0.25, 0.3) is 0 Å². The number of ketones is 1. The van der Waals surface area contributed by atoms with E-state index in [4.69, 9.17) is 34.8 Å². The second-order valence-corrected chi connectivity index (χ2v) is 3.71. The fourth-order valence-electron chi connectivity index (χ4n) is 1.05. The van der Waals surface area contributed by atoms with Crippen LogP contribution in [-0.4, -0.2) is 16.6 Å². The number of benzene rings is 1. The quantitative estimate of drug-likeness (QED) is 0.366. The molecule has 4 nitrogen and oxygen atoms in total. The van der Waals surface area contributed by atoms with Crippen LogP contribution in [0.2, 0.25) is 10.0 Å². The summed E-state index contributed by atoms with van der Waals surface area (Å²) in [6, 6.07) is 2.32. The normalized spacial score (nSPS) is 10.1. The Morgan fingerprint density at radius 1 is 1.40 bits per heavy atom. The molecule has 0 unspecified atom stereocenters. The molecule has 0 aliphatic carbocycles. The van der Waals surface area contributed by atoms with Gasteiger partial charge >= 0.3 is 0 Å². The van der Waals surface area contributed by atoms with E-state index in [2.05, 4.69) is 0 Å². The van der Waals surface area contributed by atoms with Crippen molar-refractivity contribution in [3.8, 4) is 0 Å². The van der Waals surface area contributed by atoms with Gasteiger partial charge in [-0.1, -0.05) is 23.2 Å². The minimum Gasteiger partial charge on any atom is -0.292 e. The fraction of sp³-hybridized carbons (Fsp3) is 0.125. The summed E-state index contributed by atoms with van der Waals surface area (Å²) in [7, 11) is 0. The Hall–Kier alpha value is -0.840. The van der Waals surface area contributed by atoms with Gasteiger partial charge < -0.3 is 0 Å². The summed E-state index contributed by atoms with van der Waals surface area (Å²) in [6.07, 6.45) is 0. The van der Waals surface area contributed by atoms with Crippen molar-refractivity contribution >= 4 is 46.3 Å². The fourth-order valence-corrected chi connectivity index (χ4v) is 1.77. The van der Waals surface area contributed by atoms with E-state index >= 15 is 0 Å². The van der Waals surface area contributed by atoms with Crippen molar-refractivity contribution in [2.75, 3.05) is 5.88 Å². The van der Waals surface area contributed by atoms with E-state index < -0.39 is 16.4 Å². The Bertz CT molecular complexity index is 433. The van der Waals surface area contributed by atoms with E-state index in [0.29, 0.717) is 0 Å². The van der Waals surface area contributed by atoms with Crippen molar-refractivity contribution in [2.24, 2.45) is 0 Å². The Labute approximate surface area is 99.9 Å². The number of rotatable bonds is 3. The molecule has 80 valence electrons. The maximum atomic E-state index is 11.3. The van der Waals surface area contributed by atoms with Crippen LogP contribution in [-0.2, 0) is 0 Å². The lowest BCUT2D eigenvalue weighted by molar-refractivity contribution is -0.385. The number of halogens is 3. The van der Waals surface area contributed by atoms with Gasteiger partial charge in [-0.2, -0.15) is 0 Å². The van der Waals surface area contributed by atoms with Crippen molar-refractivity contribution in [1.82, 2.24) is 0 Å². The van der Waals surface area contributed by atoms with Gasteiger partial charge in [0.1, 0.15) is 5.56 Å². The highest BCUT2D eigenvalue weighted by Gasteiger charge is 2.23. The number of hydrogen-bond acceptors (Lipinski definition) is 3.